The van der Waals surface area contributed by atoms with Crippen molar-refractivity contribution in [1.29, 1.82) is 0 Å². The van der Waals surface area contributed by atoms with Crippen LogP contribution in [-0.2, 0) is 9.84 Å². The summed E-state index contributed by atoms with van der Waals surface area (Å²) in [5.74, 6) is 3.90. The molecule has 0 aliphatic carbocycles. The molecular formula is C14H15FN2O3S. The molecule has 1 aromatic carbocycles. The molecular weight excluding hydrogens is 295 g/mol. The Morgan fingerprint density at radius 2 is 2.24 bits per heavy atom. The van der Waals surface area contributed by atoms with Gasteiger partial charge in [0.15, 0.2) is 9.84 Å². The highest BCUT2D eigenvalue weighted by Crippen LogP contribution is 2.14. The van der Waals surface area contributed by atoms with E-state index in [9.17, 15) is 17.6 Å². The molecule has 1 atom stereocenters. The third-order valence-electron chi connectivity index (χ3n) is 3.12. The van der Waals surface area contributed by atoms with Crippen molar-refractivity contribution in [2.45, 2.75) is 12.5 Å². The molecule has 21 heavy (non-hydrogen) atoms. The highest BCUT2D eigenvalue weighted by molar-refractivity contribution is 7.91. The van der Waals surface area contributed by atoms with Crippen LogP contribution in [0.25, 0.3) is 0 Å². The highest BCUT2D eigenvalue weighted by Gasteiger charge is 2.29. The van der Waals surface area contributed by atoms with E-state index in [1.165, 1.54) is 12.1 Å². The molecule has 3 N–H and O–H groups in total. The number of halogens is 1. The van der Waals surface area contributed by atoms with Gasteiger partial charge in [0.25, 0.3) is 5.91 Å². The van der Waals surface area contributed by atoms with Crippen LogP contribution in [-0.4, -0.2) is 38.4 Å². The van der Waals surface area contributed by atoms with Crippen LogP contribution >= 0.6 is 0 Å². The van der Waals surface area contributed by atoms with Gasteiger partial charge in [-0.3, -0.25) is 4.79 Å². The van der Waals surface area contributed by atoms with Gasteiger partial charge in [0.2, 0.25) is 0 Å². The molecule has 1 saturated heterocycles. The minimum Gasteiger partial charge on any atom is -0.348 e. The van der Waals surface area contributed by atoms with E-state index in [1.807, 2.05) is 0 Å². The van der Waals surface area contributed by atoms with Crippen molar-refractivity contribution in [3.8, 4) is 11.8 Å². The molecule has 0 saturated carbocycles. The van der Waals surface area contributed by atoms with Gasteiger partial charge >= 0.3 is 0 Å². The smallest absolute Gasteiger partial charge is 0.254 e. The molecule has 1 heterocycles. The minimum absolute atomic E-state index is 0.0496. The van der Waals surface area contributed by atoms with E-state index in [0.29, 0.717) is 12.0 Å². The number of benzene rings is 1. The summed E-state index contributed by atoms with van der Waals surface area (Å²) in [6, 6.07) is 3.54. The van der Waals surface area contributed by atoms with E-state index in [0.717, 1.165) is 6.07 Å². The van der Waals surface area contributed by atoms with E-state index in [1.54, 1.807) is 0 Å². The van der Waals surface area contributed by atoms with Gasteiger partial charge in [-0.15, -0.1) is 0 Å². The maximum atomic E-state index is 13.9. The lowest BCUT2D eigenvalue weighted by atomic mass is 10.1. The molecule has 1 fully saturated rings. The molecule has 1 aliphatic heterocycles. The van der Waals surface area contributed by atoms with E-state index < -0.39 is 27.6 Å². The second kappa shape index (κ2) is 6.24. The lowest BCUT2D eigenvalue weighted by molar-refractivity contribution is 0.0937. The number of carbonyl (C=O) groups is 1. The van der Waals surface area contributed by atoms with E-state index in [4.69, 9.17) is 5.73 Å². The zero-order chi connectivity index (χ0) is 15.5. The Hall–Kier alpha value is -1.91. The maximum absolute atomic E-state index is 13.9. The summed E-state index contributed by atoms with van der Waals surface area (Å²) in [7, 11) is -3.09. The number of carbonyl (C=O) groups excluding carboxylic acids is 1. The summed E-state index contributed by atoms with van der Waals surface area (Å²) in [4.78, 5) is 12.0. The van der Waals surface area contributed by atoms with Gasteiger partial charge in [-0.25, -0.2) is 12.8 Å². The van der Waals surface area contributed by atoms with Crippen LogP contribution in [0.4, 0.5) is 4.39 Å². The maximum Gasteiger partial charge on any atom is 0.254 e. The number of nitrogens with two attached hydrogens (primary N) is 1. The quantitative estimate of drug-likeness (QED) is 0.756. The van der Waals surface area contributed by atoms with Crippen molar-refractivity contribution >= 4 is 15.7 Å². The second-order valence-corrected chi connectivity index (χ2v) is 7.00. The average Bonchev–Trinajstić information content (AvgIpc) is 2.75. The number of hydrogen-bond donors (Lipinski definition) is 2. The lowest BCUT2D eigenvalue weighted by Gasteiger charge is -2.11. The summed E-state index contributed by atoms with van der Waals surface area (Å²) in [6.07, 6.45) is 0.357. The Morgan fingerprint density at radius 3 is 2.81 bits per heavy atom. The Labute approximate surface area is 122 Å². The SMILES string of the molecule is NCC#Cc1ccc(C(=O)NC2CCS(=O)(=O)C2)c(F)c1. The monoisotopic (exact) mass is 310 g/mol. The fourth-order valence-electron chi connectivity index (χ4n) is 2.10. The van der Waals surface area contributed by atoms with Gasteiger partial charge in [0.05, 0.1) is 23.6 Å². The summed E-state index contributed by atoms with van der Waals surface area (Å²) in [5, 5.41) is 2.54. The fraction of sp³-hybridized carbons (Fsp3) is 0.357. The predicted octanol–water partition coefficient (Wildman–Crippen LogP) is 0.0528. The van der Waals surface area contributed by atoms with Crippen molar-refractivity contribution in [1.82, 2.24) is 5.32 Å². The first kappa shape index (κ1) is 15.5. The van der Waals surface area contributed by atoms with Gasteiger partial charge < -0.3 is 11.1 Å². The van der Waals surface area contributed by atoms with Crippen LogP contribution in [0.3, 0.4) is 0 Å². The molecule has 1 aliphatic rings. The van der Waals surface area contributed by atoms with Crippen LogP contribution in [0.1, 0.15) is 22.3 Å². The van der Waals surface area contributed by atoms with Crippen LogP contribution in [0.15, 0.2) is 18.2 Å². The number of hydrogen-bond acceptors (Lipinski definition) is 4. The van der Waals surface area contributed by atoms with Crippen molar-refractivity contribution in [3.05, 3.63) is 35.1 Å². The lowest BCUT2D eigenvalue weighted by Crippen LogP contribution is -2.36. The third-order valence-corrected chi connectivity index (χ3v) is 4.88. The Balaban J connectivity index is 2.09. The number of nitrogens with one attached hydrogen (secondary N) is 1. The minimum atomic E-state index is -3.09. The zero-order valence-corrected chi connectivity index (χ0v) is 12.0. The Morgan fingerprint density at radius 1 is 1.48 bits per heavy atom. The van der Waals surface area contributed by atoms with Crippen LogP contribution < -0.4 is 11.1 Å². The summed E-state index contributed by atoms with van der Waals surface area (Å²) < 4.78 is 36.5. The highest BCUT2D eigenvalue weighted by atomic mass is 32.2. The second-order valence-electron chi connectivity index (χ2n) is 4.77. The molecule has 2 rings (SSSR count). The first-order chi connectivity index (χ1) is 9.91. The molecule has 1 aromatic rings. The van der Waals surface area contributed by atoms with Gasteiger partial charge in [0.1, 0.15) is 5.82 Å². The van der Waals surface area contributed by atoms with Crippen LogP contribution in [0, 0.1) is 17.7 Å². The van der Waals surface area contributed by atoms with Crippen LogP contribution in [0.5, 0.6) is 0 Å². The standard InChI is InChI=1S/C14H15FN2O3S/c15-13-8-10(2-1-6-16)3-4-12(13)14(18)17-11-5-7-21(19,20)9-11/h3-4,8,11H,5-7,9,16H2,(H,17,18). The molecule has 0 radical (unpaired) electrons. The van der Waals surface area contributed by atoms with Crippen molar-refractivity contribution in [2.75, 3.05) is 18.1 Å². The normalized spacial score (nSPS) is 19.6. The summed E-state index contributed by atoms with van der Waals surface area (Å²) >= 11 is 0. The Kier molecular flexibility index (Phi) is 4.60. The van der Waals surface area contributed by atoms with Gasteiger partial charge in [-0.05, 0) is 24.6 Å². The number of sulfone groups is 1. The van der Waals surface area contributed by atoms with Gasteiger partial charge in [-0.1, -0.05) is 11.8 Å². The third kappa shape index (κ3) is 4.03. The summed E-state index contributed by atoms with van der Waals surface area (Å²) in [6.45, 7) is 0.167. The van der Waals surface area contributed by atoms with Crippen LogP contribution in [0.2, 0.25) is 0 Å². The number of amides is 1. The fourth-order valence-corrected chi connectivity index (χ4v) is 3.78. The first-order valence-corrected chi connectivity index (χ1v) is 8.23. The zero-order valence-electron chi connectivity index (χ0n) is 11.2. The van der Waals surface area contributed by atoms with Gasteiger partial charge in [0, 0.05) is 11.6 Å². The Bertz CT molecular complexity index is 719. The van der Waals surface area contributed by atoms with Crippen molar-refractivity contribution < 1.29 is 17.6 Å². The van der Waals surface area contributed by atoms with E-state index >= 15 is 0 Å². The molecule has 112 valence electrons. The molecule has 1 unspecified atom stereocenters. The summed E-state index contributed by atoms with van der Waals surface area (Å²) in [5.41, 5.74) is 5.53. The topological polar surface area (TPSA) is 89.3 Å². The predicted molar refractivity (Wildman–Crippen MR) is 76.9 cm³/mol. The van der Waals surface area contributed by atoms with E-state index in [2.05, 4.69) is 17.2 Å². The molecule has 0 spiro atoms. The average molecular weight is 310 g/mol. The van der Waals surface area contributed by atoms with Crippen molar-refractivity contribution in [3.63, 3.8) is 0 Å². The van der Waals surface area contributed by atoms with Crippen molar-refractivity contribution in [2.24, 2.45) is 5.73 Å². The van der Waals surface area contributed by atoms with E-state index in [-0.39, 0.29) is 23.6 Å². The number of rotatable bonds is 2. The molecule has 0 bridgehead atoms. The molecule has 5 nitrogen and oxygen atoms in total. The first-order valence-electron chi connectivity index (χ1n) is 6.41. The van der Waals surface area contributed by atoms with Gasteiger partial charge in [-0.2, -0.15) is 0 Å². The largest absolute Gasteiger partial charge is 0.348 e. The molecule has 7 heteroatoms. The molecule has 0 aromatic heterocycles. The molecule has 1 amide bonds.